The minimum Gasteiger partial charge on any atom is -0.380 e. The van der Waals surface area contributed by atoms with Gasteiger partial charge in [0.05, 0.1) is 21.6 Å². The molecule has 2 N–H and O–H groups in total. The largest absolute Gasteiger partial charge is 0.416 e. The number of nitro benzene ring substituents is 1. The lowest BCUT2D eigenvalue weighted by molar-refractivity contribution is -0.384. The highest BCUT2D eigenvalue weighted by Crippen LogP contribution is 2.36. The second-order valence-corrected chi connectivity index (χ2v) is 5.83. The van der Waals surface area contributed by atoms with Gasteiger partial charge in [0.15, 0.2) is 0 Å². The highest BCUT2D eigenvalue weighted by molar-refractivity contribution is 6.00. The summed E-state index contributed by atoms with van der Waals surface area (Å²) in [6, 6.07) is 4.23. The fourth-order valence-corrected chi connectivity index (χ4v) is 2.44. The quantitative estimate of drug-likeness (QED) is 0.420. The third-order valence-electron chi connectivity index (χ3n) is 3.82. The summed E-state index contributed by atoms with van der Waals surface area (Å²) in [5, 5.41) is 15.7. The summed E-state index contributed by atoms with van der Waals surface area (Å²) in [5.41, 5.74) is -3.88. The van der Waals surface area contributed by atoms with E-state index in [1.165, 1.54) is 7.05 Å². The Balaban J connectivity index is 2.41. The molecular weight excluding hydrogens is 408 g/mol. The highest BCUT2D eigenvalue weighted by atomic mass is 19.4. The normalized spacial score (nSPS) is 11.8. The average molecular weight is 421 g/mol. The molecule has 6 nitrogen and oxygen atoms in total. The first kappa shape index (κ1) is 22.0. The molecule has 2 aromatic rings. The molecule has 0 fully saturated rings. The van der Waals surface area contributed by atoms with Gasteiger partial charge in [-0.15, -0.1) is 0 Å². The lowest BCUT2D eigenvalue weighted by Crippen LogP contribution is -2.20. The number of nitro groups is 1. The van der Waals surface area contributed by atoms with Crippen LogP contribution in [0.2, 0.25) is 0 Å². The van der Waals surface area contributed by atoms with Crippen molar-refractivity contribution in [2.45, 2.75) is 18.9 Å². The topological polar surface area (TPSA) is 84.3 Å². The molecule has 0 radical (unpaired) electrons. The maximum absolute atomic E-state index is 12.9. The molecule has 12 heteroatoms. The third-order valence-corrected chi connectivity index (χ3v) is 3.82. The summed E-state index contributed by atoms with van der Waals surface area (Å²) >= 11 is 0. The molecule has 0 saturated carbocycles. The standard InChI is InChI=1S/C17H13F6N3O3/c1-24-15(27)13-7-12(26(28)29)2-3-14(13)25-8-9-4-10(16(18,19)20)6-11(5-9)17(21,22)23/h2-7,25H,8H2,1H3,(H,24,27). The van der Waals surface area contributed by atoms with E-state index in [4.69, 9.17) is 0 Å². The Morgan fingerprint density at radius 1 is 1.00 bits per heavy atom. The molecule has 0 aliphatic heterocycles. The fourth-order valence-electron chi connectivity index (χ4n) is 2.44. The molecule has 0 heterocycles. The third kappa shape index (κ3) is 5.36. The van der Waals surface area contributed by atoms with E-state index in [9.17, 15) is 41.3 Å². The van der Waals surface area contributed by atoms with Gasteiger partial charge in [0, 0.05) is 31.4 Å². The number of non-ortho nitro benzene ring substituents is 1. The van der Waals surface area contributed by atoms with Crippen LogP contribution in [0.3, 0.4) is 0 Å². The summed E-state index contributed by atoms with van der Waals surface area (Å²) in [7, 11) is 1.26. The van der Waals surface area contributed by atoms with Crippen LogP contribution in [0.1, 0.15) is 27.0 Å². The van der Waals surface area contributed by atoms with Gasteiger partial charge in [-0.25, -0.2) is 0 Å². The Bertz CT molecular complexity index is 909. The summed E-state index contributed by atoms with van der Waals surface area (Å²) < 4.78 is 77.6. The number of halogens is 6. The molecule has 1 amide bonds. The first-order valence-corrected chi connectivity index (χ1v) is 7.85. The zero-order valence-electron chi connectivity index (χ0n) is 14.6. The maximum atomic E-state index is 12.9. The summed E-state index contributed by atoms with van der Waals surface area (Å²) in [4.78, 5) is 22.0. The van der Waals surface area contributed by atoms with Crippen LogP contribution >= 0.6 is 0 Å². The molecule has 0 aliphatic rings. The SMILES string of the molecule is CNC(=O)c1cc([N+](=O)[O-])ccc1NCc1cc(C(F)(F)F)cc(C(F)(F)F)c1. The predicted molar refractivity (Wildman–Crippen MR) is 90.3 cm³/mol. The smallest absolute Gasteiger partial charge is 0.380 e. The van der Waals surface area contributed by atoms with Crippen molar-refractivity contribution in [3.05, 3.63) is 68.8 Å². The van der Waals surface area contributed by atoms with Crippen molar-refractivity contribution in [1.82, 2.24) is 5.32 Å². The number of rotatable bonds is 5. The molecular formula is C17H13F6N3O3. The molecule has 156 valence electrons. The lowest BCUT2D eigenvalue weighted by atomic mass is 10.0. The molecule has 2 rings (SSSR count). The van der Waals surface area contributed by atoms with Crippen LogP contribution < -0.4 is 10.6 Å². The zero-order chi connectivity index (χ0) is 22.0. The zero-order valence-corrected chi connectivity index (χ0v) is 14.6. The van der Waals surface area contributed by atoms with Crippen LogP contribution in [-0.2, 0) is 18.9 Å². The summed E-state index contributed by atoms with van der Waals surface area (Å²) in [5.74, 6) is -0.726. The number of nitrogens with one attached hydrogen (secondary N) is 2. The summed E-state index contributed by atoms with van der Waals surface area (Å²) in [6.07, 6.45) is -9.98. The van der Waals surface area contributed by atoms with Crippen molar-refractivity contribution in [3.63, 3.8) is 0 Å². The van der Waals surface area contributed by atoms with Crippen LogP contribution in [0.4, 0.5) is 37.7 Å². The number of anilines is 1. The van der Waals surface area contributed by atoms with Crippen molar-refractivity contribution in [2.75, 3.05) is 12.4 Å². The molecule has 0 saturated heterocycles. The molecule has 0 bridgehead atoms. The van der Waals surface area contributed by atoms with Gasteiger partial charge in [-0.2, -0.15) is 26.3 Å². The van der Waals surface area contributed by atoms with Gasteiger partial charge >= 0.3 is 12.4 Å². The Morgan fingerprint density at radius 3 is 2.00 bits per heavy atom. The van der Waals surface area contributed by atoms with Crippen molar-refractivity contribution < 1.29 is 36.1 Å². The van der Waals surface area contributed by atoms with E-state index >= 15 is 0 Å². The number of alkyl halides is 6. The molecule has 0 aliphatic carbocycles. The average Bonchev–Trinajstić information content (AvgIpc) is 2.63. The molecule has 29 heavy (non-hydrogen) atoms. The Hall–Kier alpha value is -3.31. The van der Waals surface area contributed by atoms with Crippen LogP contribution in [-0.4, -0.2) is 17.9 Å². The van der Waals surface area contributed by atoms with Gasteiger partial charge in [-0.05, 0) is 29.8 Å². The van der Waals surface area contributed by atoms with Crippen LogP contribution in [0.15, 0.2) is 36.4 Å². The second kappa shape index (κ2) is 7.97. The van der Waals surface area contributed by atoms with Gasteiger partial charge < -0.3 is 10.6 Å². The second-order valence-electron chi connectivity index (χ2n) is 5.83. The highest BCUT2D eigenvalue weighted by Gasteiger charge is 2.36. The van der Waals surface area contributed by atoms with Gasteiger partial charge in [-0.3, -0.25) is 14.9 Å². The van der Waals surface area contributed by atoms with E-state index in [0.29, 0.717) is 12.1 Å². The van der Waals surface area contributed by atoms with E-state index in [1.807, 2.05) is 0 Å². The number of hydrogen-bond acceptors (Lipinski definition) is 4. The van der Waals surface area contributed by atoms with Crippen LogP contribution in [0.5, 0.6) is 0 Å². The number of benzene rings is 2. The van der Waals surface area contributed by atoms with Gasteiger partial charge in [0.1, 0.15) is 0 Å². The van der Waals surface area contributed by atoms with Crippen molar-refractivity contribution in [1.29, 1.82) is 0 Å². The first-order valence-electron chi connectivity index (χ1n) is 7.85. The Labute approximate surface area is 159 Å². The predicted octanol–water partition coefficient (Wildman–Crippen LogP) is 4.60. The molecule has 2 aromatic carbocycles. The van der Waals surface area contributed by atoms with Gasteiger partial charge in [-0.1, -0.05) is 0 Å². The molecule has 0 atom stereocenters. The summed E-state index contributed by atoms with van der Waals surface area (Å²) in [6.45, 7) is -0.491. The van der Waals surface area contributed by atoms with Crippen molar-refractivity contribution in [3.8, 4) is 0 Å². The fraction of sp³-hybridized carbons (Fsp3) is 0.235. The van der Waals surface area contributed by atoms with E-state index in [1.54, 1.807) is 0 Å². The minimum absolute atomic E-state index is 0.000852. The number of hydrogen-bond donors (Lipinski definition) is 2. The van der Waals surface area contributed by atoms with Crippen molar-refractivity contribution >= 4 is 17.3 Å². The molecule has 0 aromatic heterocycles. The number of carbonyl (C=O) groups excluding carboxylic acids is 1. The van der Waals surface area contributed by atoms with E-state index in [2.05, 4.69) is 10.6 Å². The van der Waals surface area contributed by atoms with E-state index in [0.717, 1.165) is 18.2 Å². The number of carbonyl (C=O) groups is 1. The van der Waals surface area contributed by atoms with Gasteiger partial charge in [0.2, 0.25) is 0 Å². The molecule has 0 unspecified atom stereocenters. The van der Waals surface area contributed by atoms with Crippen LogP contribution in [0, 0.1) is 10.1 Å². The lowest BCUT2D eigenvalue weighted by Gasteiger charge is -2.16. The van der Waals surface area contributed by atoms with E-state index in [-0.39, 0.29) is 22.9 Å². The Morgan fingerprint density at radius 2 is 1.55 bits per heavy atom. The first-order chi connectivity index (χ1) is 13.3. The van der Waals surface area contributed by atoms with Gasteiger partial charge in [0.25, 0.3) is 11.6 Å². The number of nitrogens with zero attached hydrogens (tertiary/aromatic N) is 1. The maximum Gasteiger partial charge on any atom is 0.416 e. The minimum atomic E-state index is -4.99. The van der Waals surface area contributed by atoms with Crippen LogP contribution in [0.25, 0.3) is 0 Å². The van der Waals surface area contributed by atoms with Crippen molar-refractivity contribution in [2.24, 2.45) is 0 Å². The monoisotopic (exact) mass is 421 g/mol. The van der Waals surface area contributed by atoms with E-state index < -0.39 is 46.5 Å². The Kier molecular flexibility index (Phi) is 6.04. The number of amides is 1. The molecule has 0 spiro atoms.